The maximum atomic E-state index is 13.3. The molecular formula is C20H27FN4O2. The van der Waals surface area contributed by atoms with E-state index < -0.39 is 6.67 Å². The zero-order valence-electron chi connectivity index (χ0n) is 15.5. The summed E-state index contributed by atoms with van der Waals surface area (Å²) in [6.07, 6.45) is 6.53. The SMILES string of the molecule is NC1CCC(N(CCF)c2ncc3cccc(OC4CCOC4)c3n2)CC1. The van der Waals surface area contributed by atoms with E-state index in [0.717, 1.165) is 55.4 Å². The monoisotopic (exact) mass is 374 g/mol. The third kappa shape index (κ3) is 4.14. The lowest BCUT2D eigenvalue weighted by molar-refractivity contribution is 0.142. The topological polar surface area (TPSA) is 73.5 Å². The number of para-hydroxylation sites is 1. The standard InChI is InChI=1S/C20H27FN4O2/c21-9-10-25(16-6-4-15(22)5-7-16)20-23-12-14-2-1-3-18(19(14)24-20)27-17-8-11-26-13-17/h1-3,12,15-17H,4-11,13,22H2. The fourth-order valence-corrected chi connectivity index (χ4v) is 3.99. The molecule has 1 atom stereocenters. The van der Waals surface area contributed by atoms with Crippen molar-refractivity contribution in [1.82, 2.24) is 9.97 Å². The summed E-state index contributed by atoms with van der Waals surface area (Å²) in [6.45, 7) is 1.20. The fraction of sp³-hybridized carbons (Fsp3) is 0.600. The van der Waals surface area contributed by atoms with E-state index in [0.29, 0.717) is 19.1 Å². The number of ether oxygens (including phenoxy) is 2. The van der Waals surface area contributed by atoms with Gasteiger partial charge in [-0.3, -0.25) is 0 Å². The maximum Gasteiger partial charge on any atom is 0.226 e. The number of hydrogen-bond donors (Lipinski definition) is 1. The van der Waals surface area contributed by atoms with Gasteiger partial charge in [-0.2, -0.15) is 0 Å². The van der Waals surface area contributed by atoms with Crippen LogP contribution < -0.4 is 15.4 Å². The second-order valence-electron chi connectivity index (χ2n) is 7.42. The summed E-state index contributed by atoms with van der Waals surface area (Å²) in [5, 5.41) is 0.918. The van der Waals surface area contributed by atoms with E-state index in [1.165, 1.54) is 0 Å². The molecule has 1 aromatic heterocycles. The number of aromatic nitrogens is 2. The number of rotatable bonds is 6. The molecule has 0 amide bonds. The summed E-state index contributed by atoms with van der Waals surface area (Å²) >= 11 is 0. The van der Waals surface area contributed by atoms with Crippen molar-refractivity contribution < 1.29 is 13.9 Å². The Labute approximate surface area is 158 Å². The Hall–Kier alpha value is -1.99. The smallest absolute Gasteiger partial charge is 0.226 e. The predicted molar refractivity (Wildman–Crippen MR) is 103 cm³/mol. The molecule has 1 aliphatic carbocycles. The van der Waals surface area contributed by atoms with Gasteiger partial charge in [-0.25, -0.2) is 14.4 Å². The highest BCUT2D eigenvalue weighted by Crippen LogP contribution is 2.30. The van der Waals surface area contributed by atoms with Crippen molar-refractivity contribution in [2.75, 3.05) is 31.3 Å². The van der Waals surface area contributed by atoms with Gasteiger partial charge in [0.15, 0.2) is 0 Å². The van der Waals surface area contributed by atoms with Crippen LogP contribution in [0.4, 0.5) is 10.3 Å². The summed E-state index contributed by atoms with van der Waals surface area (Å²) in [6, 6.07) is 6.32. The number of anilines is 1. The van der Waals surface area contributed by atoms with Crippen LogP contribution in [0.2, 0.25) is 0 Å². The minimum atomic E-state index is -0.429. The van der Waals surface area contributed by atoms with Crippen LogP contribution in [0.1, 0.15) is 32.1 Å². The lowest BCUT2D eigenvalue weighted by Crippen LogP contribution is -2.42. The molecule has 0 spiro atoms. The van der Waals surface area contributed by atoms with Crippen LogP contribution in [0, 0.1) is 0 Å². The lowest BCUT2D eigenvalue weighted by atomic mass is 9.91. The van der Waals surface area contributed by atoms with Crippen molar-refractivity contribution in [3.05, 3.63) is 24.4 Å². The molecular weight excluding hydrogens is 347 g/mol. The van der Waals surface area contributed by atoms with Gasteiger partial charge in [-0.15, -0.1) is 0 Å². The lowest BCUT2D eigenvalue weighted by Gasteiger charge is -2.35. The van der Waals surface area contributed by atoms with Crippen LogP contribution in [0.15, 0.2) is 24.4 Å². The molecule has 7 heteroatoms. The van der Waals surface area contributed by atoms with Crippen molar-refractivity contribution in [3.8, 4) is 5.75 Å². The van der Waals surface area contributed by atoms with Gasteiger partial charge in [0.1, 0.15) is 24.0 Å². The zero-order valence-corrected chi connectivity index (χ0v) is 15.5. The number of halogens is 1. The Kier molecular flexibility index (Phi) is 5.69. The van der Waals surface area contributed by atoms with Crippen molar-refractivity contribution in [2.45, 2.75) is 50.3 Å². The summed E-state index contributed by atoms with van der Waals surface area (Å²) < 4.78 is 24.8. The van der Waals surface area contributed by atoms with Gasteiger partial charge >= 0.3 is 0 Å². The van der Waals surface area contributed by atoms with Gasteiger partial charge in [0, 0.05) is 36.6 Å². The molecule has 2 aliphatic rings. The summed E-state index contributed by atoms with van der Waals surface area (Å²) in [5.41, 5.74) is 6.80. The number of hydrogen-bond acceptors (Lipinski definition) is 6. The van der Waals surface area contributed by atoms with Crippen LogP contribution in [0.25, 0.3) is 10.9 Å². The molecule has 1 unspecified atom stereocenters. The van der Waals surface area contributed by atoms with E-state index >= 15 is 0 Å². The first-order chi connectivity index (χ1) is 13.2. The van der Waals surface area contributed by atoms with Gasteiger partial charge in [-0.05, 0) is 31.7 Å². The Bertz CT molecular complexity index is 761. The van der Waals surface area contributed by atoms with Crippen LogP contribution in [0.5, 0.6) is 5.75 Å². The Morgan fingerprint density at radius 1 is 1.22 bits per heavy atom. The average molecular weight is 374 g/mol. The van der Waals surface area contributed by atoms with Crippen LogP contribution in [-0.2, 0) is 4.74 Å². The van der Waals surface area contributed by atoms with Crippen molar-refractivity contribution in [2.24, 2.45) is 5.73 Å². The maximum absolute atomic E-state index is 13.3. The number of alkyl halides is 1. The molecule has 146 valence electrons. The molecule has 1 aliphatic heterocycles. The molecule has 1 saturated carbocycles. The summed E-state index contributed by atoms with van der Waals surface area (Å²) in [7, 11) is 0. The minimum Gasteiger partial charge on any atom is -0.486 e. The van der Waals surface area contributed by atoms with Gasteiger partial charge < -0.3 is 20.1 Å². The molecule has 2 aromatic rings. The number of nitrogens with zero attached hydrogens (tertiary/aromatic N) is 3. The number of fused-ring (bicyclic) bond motifs is 1. The third-order valence-corrected chi connectivity index (χ3v) is 5.51. The fourth-order valence-electron chi connectivity index (χ4n) is 3.99. The molecule has 2 fully saturated rings. The Balaban J connectivity index is 1.63. The average Bonchev–Trinajstić information content (AvgIpc) is 3.20. The van der Waals surface area contributed by atoms with Crippen molar-refractivity contribution in [1.29, 1.82) is 0 Å². The van der Waals surface area contributed by atoms with E-state index in [9.17, 15) is 4.39 Å². The second kappa shape index (κ2) is 8.35. The normalized spacial score (nSPS) is 25.6. The Morgan fingerprint density at radius 3 is 2.81 bits per heavy atom. The van der Waals surface area contributed by atoms with E-state index in [2.05, 4.69) is 4.98 Å². The van der Waals surface area contributed by atoms with Gasteiger partial charge in [0.2, 0.25) is 5.95 Å². The highest BCUT2D eigenvalue weighted by molar-refractivity contribution is 5.84. The number of benzene rings is 1. The van der Waals surface area contributed by atoms with Crippen LogP contribution in [-0.4, -0.2) is 54.6 Å². The summed E-state index contributed by atoms with van der Waals surface area (Å²) in [4.78, 5) is 11.3. The second-order valence-corrected chi connectivity index (χ2v) is 7.42. The highest BCUT2D eigenvalue weighted by atomic mass is 19.1. The summed E-state index contributed by atoms with van der Waals surface area (Å²) in [5.74, 6) is 1.30. The largest absolute Gasteiger partial charge is 0.486 e. The third-order valence-electron chi connectivity index (χ3n) is 5.51. The molecule has 0 radical (unpaired) electrons. The molecule has 1 saturated heterocycles. The van der Waals surface area contributed by atoms with E-state index in [4.69, 9.17) is 20.2 Å². The molecule has 2 N–H and O–H groups in total. The van der Waals surface area contributed by atoms with Gasteiger partial charge in [-0.1, -0.05) is 12.1 Å². The van der Waals surface area contributed by atoms with Crippen LogP contribution in [0.3, 0.4) is 0 Å². The minimum absolute atomic E-state index is 0.0517. The van der Waals surface area contributed by atoms with Gasteiger partial charge in [0.25, 0.3) is 0 Å². The molecule has 27 heavy (non-hydrogen) atoms. The first-order valence-corrected chi connectivity index (χ1v) is 9.83. The molecule has 1 aromatic carbocycles. The van der Waals surface area contributed by atoms with E-state index in [1.54, 1.807) is 6.20 Å². The van der Waals surface area contributed by atoms with Crippen molar-refractivity contribution >= 4 is 16.9 Å². The molecule has 2 heterocycles. The van der Waals surface area contributed by atoms with E-state index in [-0.39, 0.29) is 18.2 Å². The molecule has 6 nitrogen and oxygen atoms in total. The molecule has 0 bridgehead atoms. The first-order valence-electron chi connectivity index (χ1n) is 9.83. The highest BCUT2D eigenvalue weighted by Gasteiger charge is 2.26. The Morgan fingerprint density at radius 2 is 2.07 bits per heavy atom. The van der Waals surface area contributed by atoms with Crippen molar-refractivity contribution in [3.63, 3.8) is 0 Å². The van der Waals surface area contributed by atoms with Crippen LogP contribution >= 0.6 is 0 Å². The first kappa shape index (κ1) is 18.4. The van der Waals surface area contributed by atoms with E-state index in [1.807, 2.05) is 23.1 Å². The number of nitrogens with two attached hydrogens (primary N) is 1. The molecule has 4 rings (SSSR count). The zero-order chi connectivity index (χ0) is 18.6. The quantitative estimate of drug-likeness (QED) is 0.838. The predicted octanol–water partition coefficient (Wildman–Crippen LogP) is 2.84. The van der Waals surface area contributed by atoms with Gasteiger partial charge in [0.05, 0.1) is 13.2 Å².